The van der Waals surface area contributed by atoms with E-state index in [4.69, 9.17) is 0 Å². The van der Waals surface area contributed by atoms with Crippen LogP contribution in [-0.2, 0) is 4.79 Å². The third-order valence-electron chi connectivity index (χ3n) is 5.73. The Morgan fingerprint density at radius 1 is 0.900 bits per heavy atom. The molecule has 2 aromatic carbocycles. The summed E-state index contributed by atoms with van der Waals surface area (Å²) in [5.41, 5.74) is 1.92. The third-order valence-corrected chi connectivity index (χ3v) is 6.37. The van der Waals surface area contributed by atoms with E-state index in [0.29, 0.717) is 36.4 Å². The first kappa shape index (κ1) is 20.5. The van der Waals surface area contributed by atoms with E-state index < -0.39 is 6.04 Å². The van der Waals surface area contributed by atoms with Crippen LogP contribution in [0.2, 0.25) is 0 Å². The van der Waals surface area contributed by atoms with Crippen molar-refractivity contribution in [2.45, 2.75) is 12.5 Å². The molecule has 0 N–H and O–H groups in total. The minimum absolute atomic E-state index is 0.133. The summed E-state index contributed by atoms with van der Waals surface area (Å²) in [5, 5.41) is 0. The zero-order chi connectivity index (χ0) is 21.1. The van der Waals surface area contributed by atoms with E-state index >= 15 is 0 Å². The van der Waals surface area contributed by atoms with Crippen LogP contribution in [0.25, 0.3) is 0 Å². The fourth-order valence-electron chi connectivity index (χ4n) is 4.12. The molecule has 1 saturated heterocycles. The average Bonchev–Trinajstić information content (AvgIpc) is 3.05. The number of piperazine rings is 1. The lowest BCUT2D eigenvalue weighted by Crippen LogP contribution is -2.56. The van der Waals surface area contributed by atoms with Crippen LogP contribution >= 0.6 is 11.8 Å². The zero-order valence-electron chi connectivity index (χ0n) is 17.0. The van der Waals surface area contributed by atoms with Crippen molar-refractivity contribution in [1.29, 1.82) is 0 Å². The molecule has 4 rings (SSSR count). The first-order valence-electron chi connectivity index (χ1n) is 10.2. The highest BCUT2D eigenvalue weighted by Crippen LogP contribution is 2.27. The maximum absolute atomic E-state index is 13.4. The zero-order valence-corrected chi connectivity index (χ0v) is 17.8. The van der Waals surface area contributed by atoms with Gasteiger partial charge in [0.2, 0.25) is 5.91 Å². The van der Waals surface area contributed by atoms with Crippen molar-refractivity contribution < 1.29 is 14.4 Å². The molecule has 0 radical (unpaired) electrons. The van der Waals surface area contributed by atoms with Crippen LogP contribution < -0.4 is 4.90 Å². The van der Waals surface area contributed by atoms with Gasteiger partial charge < -0.3 is 9.80 Å². The molecule has 3 amide bonds. The topological polar surface area (TPSA) is 60.9 Å². The molecule has 0 spiro atoms. The maximum Gasteiger partial charge on any atom is 0.262 e. The third kappa shape index (κ3) is 3.81. The van der Waals surface area contributed by atoms with Gasteiger partial charge in [-0.15, -0.1) is 0 Å². The Kier molecular flexibility index (Phi) is 6.08. The van der Waals surface area contributed by atoms with Gasteiger partial charge in [-0.3, -0.25) is 19.3 Å². The standard InChI is InChI=1S/C23H25N3O3S/c1-30-16-11-20(26-21(27)18-9-5-6-10-19(18)22(26)28)23(29)25-14-12-24(13-15-25)17-7-3-2-4-8-17/h2-10,20H,11-16H2,1H3/t20-/m0/s1. The van der Waals surface area contributed by atoms with Crippen molar-refractivity contribution >= 4 is 35.2 Å². The highest BCUT2D eigenvalue weighted by molar-refractivity contribution is 7.98. The first-order valence-corrected chi connectivity index (χ1v) is 11.6. The molecule has 0 unspecified atom stereocenters. The summed E-state index contributed by atoms with van der Waals surface area (Å²) < 4.78 is 0. The summed E-state index contributed by atoms with van der Waals surface area (Å²) in [6.07, 6.45) is 2.42. The number of anilines is 1. The highest BCUT2D eigenvalue weighted by atomic mass is 32.2. The van der Waals surface area contributed by atoms with Crippen LogP contribution in [0.4, 0.5) is 5.69 Å². The number of carbonyl (C=O) groups is 3. The molecule has 7 heteroatoms. The molecule has 2 heterocycles. The molecule has 30 heavy (non-hydrogen) atoms. The van der Waals surface area contributed by atoms with Gasteiger partial charge >= 0.3 is 0 Å². The van der Waals surface area contributed by atoms with E-state index in [9.17, 15) is 14.4 Å². The molecular formula is C23H25N3O3S. The first-order chi connectivity index (χ1) is 14.6. The number of para-hydroxylation sites is 1. The van der Waals surface area contributed by atoms with Crippen molar-refractivity contribution in [1.82, 2.24) is 9.80 Å². The van der Waals surface area contributed by atoms with E-state index in [-0.39, 0.29) is 17.7 Å². The fourth-order valence-corrected chi connectivity index (χ4v) is 4.58. The summed E-state index contributed by atoms with van der Waals surface area (Å²) in [5.74, 6) is -0.157. The molecule has 1 atom stereocenters. The van der Waals surface area contributed by atoms with E-state index in [0.717, 1.165) is 18.8 Å². The number of hydrogen-bond donors (Lipinski definition) is 0. The molecule has 1 fully saturated rings. The minimum atomic E-state index is -0.756. The quantitative estimate of drug-likeness (QED) is 0.669. The molecule has 2 aliphatic rings. The number of nitrogens with zero attached hydrogens (tertiary/aromatic N) is 3. The van der Waals surface area contributed by atoms with Gasteiger partial charge in [-0.1, -0.05) is 30.3 Å². The molecule has 0 aliphatic carbocycles. The monoisotopic (exact) mass is 423 g/mol. The van der Waals surface area contributed by atoms with Gasteiger partial charge in [0.15, 0.2) is 0 Å². The van der Waals surface area contributed by atoms with Crippen molar-refractivity contribution in [3.8, 4) is 0 Å². The van der Waals surface area contributed by atoms with Crippen molar-refractivity contribution in [3.63, 3.8) is 0 Å². The van der Waals surface area contributed by atoms with E-state index in [1.54, 1.807) is 40.9 Å². The second-order valence-corrected chi connectivity index (χ2v) is 8.46. The van der Waals surface area contributed by atoms with Crippen LogP contribution in [0.15, 0.2) is 54.6 Å². The molecule has 2 aromatic rings. The summed E-state index contributed by atoms with van der Waals surface area (Å²) in [6.45, 7) is 2.61. The Bertz CT molecular complexity index is 907. The normalized spacial score (nSPS) is 17.3. The lowest BCUT2D eigenvalue weighted by Gasteiger charge is -2.38. The van der Waals surface area contributed by atoms with Crippen LogP contribution in [0, 0.1) is 0 Å². The van der Waals surface area contributed by atoms with Crippen LogP contribution in [0.3, 0.4) is 0 Å². The number of benzene rings is 2. The number of carbonyl (C=O) groups excluding carboxylic acids is 3. The van der Waals surface area contributed by atoms with Gasteiger partial charge in [0.1, 0.15) is 6.04 Å². The van der Waals surface area contributed by atoms with E-state index in [1.165, 1.54) is 4.90 Å². The van der Waals surface area contributed by atoms with E-state index in [1.807, 2.05) is 24.5 Å². The summed E-state index contributed by atoms with van der Waals surface area (Å²) in [7, 11) is 0. The minimum Gasteiger partial charge on any atom is -0.368 e. The predicted molar refractivity (Wildman–Crippen MR) is 119 cm³/mol. The number of hydrogen-bond acceptors (Lipinski definition) is 5. The van der Waals surface area contributed by atoms with Crippen molar-refractivity contribution in [3.05, 3.63) is 65.7 Å². The highest BCUT2D eigenvalue weighted by Gasteiger charge is 2.43. The Hall–Kier alpha value is -2.80. The lowest BCUT2D eigenvalue weighted by atomic mass is 10.1. The number of imide groups is 1. The predicted octanol–water partition coefficient (Wildman–Crippen LogP) is 2.75. The second-order valence-electron chi connectivity index (χ2n) is 7.47. The molecule has 0 aromatic heterocycles. The van der Waals surface area contributed by atoms with Gasteiger partial charge in [0.25, 0.3) is 11.8 Å². The van der Waals surface area contributed by atoms with Crippen LogP contribution in [-0.4, -0.2) is 71.8 Å². The van der Waals surface area contributed by atoms with Gasteiger partial charge in [-0.25, -0.2) is 0 Å². The molecular weight excluding hydrogens is 398 g/mol. The van der Waals surface area contributed by atoms with Crippen LogP contribution in [0.1, 0.15) is 27.1 Å². The smallest absolute Gasteiger partial charge is 0.262 e. The Morgan fingerprint density at radius 3 is 2.03 bits per heavy atom. The van der Waals surface area contributed by atoms with Crippen LogP contribution in [0.5, 0.6) is 0 Å². The number of fused-ring (bicyclic) bond motifs is 1. The Labute approximate surface area is 180 Å². The summed E-state index contributed by atoms with van der Waals surface area (Å²) in [6, 6.07) is 16.2. The summed E-state index contributed by atoms with van der Waals surface area (Å²) >= 11 is 1.61. The van der Waals surface area contributed by atoms with E-state index in [2.05, 4.69) is 17.0 Å². The SMILES string of the molecule is CSCC[C@@H](C(=O)N1CCN(c2ccccc2)CC1)N1C(=O)c2ccccc2C1=O. The van der Waals surface area contributed by atoms with Gasteiger partial charge in [0, 0.05) is 31.9 Å². The van der Waals surface area contributed by atoms with Gasteiger partial charge in [0.05, 0.1) is 11.1 Å². The Balaban J connectivity index is 1.50. The molecule has 0 bridgehead atoms. The molecule has 0 saturated carbocycles. The van der Waals surface area contributed by atoms with Crippen molar-refractivity contribution in [2.75, 3.05) is 43.1 Å². The number of thioether (sulfide) groups is 1. The molecule has 6 nitrogen and oxygen atoms in total. The van der Waals surface area contributed by atoms with Gasteiger partial charge in [-0.2, -0.15) is 11.8 Å². The second kappa shape index (κ2) is 8.92. The lowest BCUT2D eigenvalue weighted by molar-refractivity contribution is -0.135. The number of rotatable bonds is 6. The largest absolute Gasteiger partial charge is 0.368 e. The molecule has 2 aliphatic heterocycles. The fraction of sp³-hybridized carbons (Fsp3) is 0.348. The van der Waals surface area contributed by atoms with Gasteiger partial charge in [-0.05, 0) is 42.7 Å². The van der Waals surface area contributed by atoms with Crippen molar-refractivity contribution in [2.24, 2.45) is 0 Å². The Morgan fingerprint density at radius 2 is 1.47 bits per heavy atom. The average molecular weight is 424 g/mol. The number of amides is 3. The summed E-state index contributed by atoms with van der Waals surface area (Å²) in [4.78, 5) is 44.6. The molecule has 156 valence electrons. The maximum atomic E-state index is 13.4.